The lowest BCUT2D eigenvalue weighted by molar-refractivity contribution is 0.103. The van der Waals surface area contributed by atoms with Gasteiger partial charge in [-0.25, -0.2) is 4.98 Å². The Kier molecular flexibility index (Phi) is 4.02. The third-order valence-corrected chi connectivity index (χ3v) is 4.72. The fraction of sp³-hybridized carbons (Fsp3) is 0.0588. The highest BCUT2D eigenvalue weighted by atomic mass is 79.9. The van der Waals surface area contributed by atoms with E-state index in [9.17, 15) is 9.90 Å². The zero-order chi connectivity index (χ0) is 15.9. The zero-order valence-corrected chi connectivity index (χ0v) is 14.8. The summed E-state index contributed by atoms with van der Waals surface area (Å²) in [6.45, 7) is 1.77. The molecule has 0 fully saturated rings. The van der Waals surface area contributed by atoms with Gasteiger partial charge in [-0.2, -0.15) is 0 Å². The molecule has 5 heteroatoms. The lowest BCUT2D eigenvalue weighted by atomic mass is 10.0. The van der Waals surface area contributed by atoms with Gasteiger partial charge in [0.1, 0.15) is 5.52 Å². The molecular weight excluding hydrogens is 410 g/mol. The standard InChI is InChI=1S/C17H11Br2NO2/c1-9-11(16(21)10-5-3-2-4-6-10)7-12-13(18)8-14(19)17(22)15(12)20-9/h2-8,22H,1H3. The van der Waals surface area contributed by atoms with Crippen molar-refractivity contribution in [2.45, 2.75) is 6.92 Å². The van der Waals surface area contributed by atoms with Crippen molar-refractivity contribution in [3.05, 3.63) is 68.2 Å². The maximum Gasteiger partial charge on any atom is 0.194 e. The Morgan fingerprint density at radius 1 is 1.09 bits per heavy atom. The molecular formula is C17H11Br2NO2. The molecule has 0 aliphatic rings. The van der Waals surface area contributed by atoms with Crippen LogP contribution in [0.25, 0.3) is 10.9 Å². The van der Waals surface area contributed by atoms with Crippen molar-refractivity contribution in [1.82, 2.24) is 4.98 Å². The van der Waals surface area contributed by atoms with E-state index in [1.165, 1.54) is 0 Å². The van der Waals surface area contributed by atoms with E-state index in [2.05, 4.69) is 36.8 Å². The first-order valence-electron chi connectivity index (χ1n) is 6.57. The van der Waals surface area contributed by atoms with Gasteiger partial charge in [-0.15, -0.1) is 0 Å². The number of phenolic OH excluding ortho intramolecular Hbond substituents is 1. The Morgan fingerprint density at radius 3 is 2.45 bits per heavy atom. The normalized spacial score (nSPS) is 10.9. The smallest absolute Gasteiger partial charge is 0.194 e. The summed E-state index contributed by atoms with van der Waals surface area (Å²) in [5.41, 5.74) is 2.19. The molecule has 0 radical (unpaired) electrons. The van der Waals surface area contributed by atoms with Crippen LogP contribution < -0.4 is 0 Å². The first kappa shape index (κ1) is 15.2. The van der Waals surface area contributed by atoms with Crippen molar-refractivity contribution in [1.29, 1.82) is 0 Å². The van der Waals surface area contributed by atoms with Gasteiger partial charge >= 0.3 is 0 Å². The number of aromatic hydroxyl groups is 1. The maximum atomic E-state index is 12.6. The Hall–Kier alpha value is -1.72. The van der Waals surface area contributed by atoms with Crippen LogP contribution in [0.3, 0.4) is 0 Å². The summed E-state index contributed by atoms with van der Waals surface area (Å²) in [5.74, 6) is -0.0122. The Balaban J connectivity index is 2.24. The minimum atomic E-state index is -0.0817. The average molecular weight is 421 g/mol. The lowest BCUT2D eigenvalue weighted by Crippen LogP contribution is -2.05. The van der Waals surface area contributed by atoms with E-state index in [0.717, 1.165) is 4.47 Å². The van der Waals surface area contributed by atoms with Crippen LogP contribution >= 0.6 is 31.9 Å². The van der Waals surface area contributed by atoms with Gasteiger partial charge in [0.15, 0.2) is 11.5 Å². The molecule has 1 heterocycles. The fourth-order valence-corrected chi connectivity index (χ4v) is 3.57. The summed E-state index contributed by atoms with van der Waals surface area (Å²) < 4.78 is 1.32. The quantitative estimate of drug-likeness (QED) is 0.593. The van der Waals surface area contributed by atoms with Gasteiger partial charge in [0.2, 0.25) is 0 Å². The van der Waals surface area contributed by atoms with Gasteiger partial charge in [0, 0.05) is 26.7 Å². The first-order chi connectivity index (χ1) is 10.5. The SMILES string of the molecule is Cc1nc2c(O)c(Br)cc(Br)c2cc1C(=O)c1ccccc1. The monoisotopic (exact) mass is 419 g/mol. The van der Waals surface area contributed by atoms with Gasteiger partial charge in [-0.1, -0.05) is 46.3 Å². The van der Waals surface area contributed by atoms with Crippen LogP contribution in [-0.2, 0) is 0 Å². The molecule has 0 aliphatic heterocycles. The lowest BCUT2D eigenvalue weighted by Gasteiger charge is -2.10. The molecule has 0 unspecified atom stereocenters. The molecule has 2 aromatic carbocycles. The first-order valence-corrected chi connectivity index (χ1v) is 8.15. The second-order valence-corrected chi connectivity index (χ2v) is 6.61. The number of ketones is 1. The third-order valence-electron chi connectivity index (χ3n) is 3.45. The summed E-state index contributed by atoms with van der Waals surface area (Å²) in [7, 11) is 0. The molecule has 1 N–H and O–H groups in total. The number of carbonyl (C=O) groups is 1. The van der Waals surface area contributed by atoms with Crippen molar-refractivity contribution in [2.75, 3.05) is 0 Å². The van der Waals surface area contributed by atoms with E-state index in [1.54, 1.807) is 31.2 Å². The van der Waals surface area contributed by atoms with E-state index in [-0.39, 0.29) is 11.5 Å². The molecule has 0 atom stereocenters. The number of hydrogen-bond donors (Lipinski definition) is 1. The van der Waals surface area contributed by atoms with Crippen LogP contribution in [-0.4, -0.2) is 15.9 Å². The predicted molar refractivity (Wildman–Crippen MR) is 93.4 cm³/mol. The van der Waals surface area contributed by atoms with Crippen LogP contribution in [0, 0.1) is 6.92 Å². The number of nitrogens with zero attached hydrogens (tertiary/aromatic N) is 1. The maximum absolute atomic E-state index is 12.6. The van der Waals surface area contributed by atoms with Crippen LogP contribution in [0.1, 0.15) is 21.6 Å². The fourth-order valence-electron chi connectivity index (χ4n) is 2.31. The van der Waals surface area contributed by atoms with Crippen molar-refractivity contribution in [2.24, 2.45) is 0 Å². The molecule has 0 aliphatic carbocycles. The van der Waals surface area contributed by atoms with Crippen molar-refractivity contribution < 1.29 is 9.90 Å². The molecule has 0 spiro atoms. The van der Waals surface area contributed by atoms with Gasteiger partial charge < -0.3 is 5.11 Å². The third kappa shape index (κ3) is 2.55. The summed E-state index contributed by atoms with van der Waals surface area (Å²) >= 11 is 6.74. The minimum Gasteiger partial charge on any atom is -0.505 e. The summed E-state index contributed by atoms with van der Waals surface area (Å²) in [6.07, 6.45) is 0. The predicted octanol–water partition coefficient (Wildman–Crippen LogP) is 5.00. The van der Waals surface area contributed by atoms with Gasteiger partial charge in [-0.05, 0) is 35.0 Å². The Bertz CT molecular complexity index is 892. The molecule has 0 bridgehead atoms. The number of carbonyl (C=O) groups excluding carboxylic acids is 1. The summed E-state index contributed by atoms with van der Waals surface area (Å²) in [4.78, 5) is 17.1. The van der Waals surface area contributed by atoms with Crippen LogP contribution in [0.4, 0.5) is 0 Å². The van der Waals surface area contributed by atoms with Crippen LogP contribution in [0.15, 0.2) is 51.4 Å². The number of pyridine rings is 1. The van der Waals surface area contributed by atoms with Gasteiger partial charge in [0.05, 0.1) is 4.47 Å². The van der Waals surface area contributed by atoms with E-state index >= 15 is 0 Å². The average Bonchev–Trinajstić information content (AvgIpc) is 2.52. The van der Waals surface area contributed by atoms with Crippen molar-refractivity contribution in [3.8, 4) is 5.75 Å². The molecule has 0 saturated carbocycles. The topological polar surface area (TPSA) is 50.2 Å². The van der Waals surface area contributed by atoms with Gasteiger partial charge in [0.25, 0.3) is 0 Å². The molecule has 3 rings (SSSR count). The molecule has 110 valence electrons. The highest BCUT2D eigenvalue weighted by Crippen LogP contribution is 2.37. The number of phenols is 1. The Labute approximate surface area is 144 Å². The summed E-state index contributed by atoms with van der Waals surface area (Å²) in [6, 6.07) is 12.6. The second-order valence-electron chi connectivity index (χ2n) is 4.90. The van der Waals surface area contributed by atoms with E-state index in [4.69, 9.17) is 0 Å². The highest BCUT2D eigenvalue weighted by molar-refractivity contribution is 9.11. The summed E-state index contributed by atoms with van der Waals surface area (Å²) in [5, 5.41) is 10.8. The number of hydrogen-bond acceptors (Lipinski definition) is 3. The van der Waals surface area contributed by atoms with Crippen LogP contribution in [0.2, 0.25) is 0 Å². The van der Waals surface area contributed by atoms with E-state index in [0.29, 0.717) is 32.2 Å². The number of rotatable bonds is 2. The van der Waals surface area contributed by atoms with E-state index in [1.807, 2.05) is 18.2 Å². The van der Waals surface area contributed by atoms with Crippen molar-refractivity contribution >= 4 is 48.5 Å². The second kappa shape index (κ2) is 5.82. The van der Waals surface area contributed by atoms with Crippen molar-refractivity contribution in [3.63, 3.8) is 0 Å². The number of aromatic nitrogens is 1. The minimum absolute atomic E-state index is 0.0695. The number of fused-ring (bicyclic) bond motifs is 1. The molecule has 1 aromatic heterocycles. The largest absolute Gasteiger partial charge is 0.505 e. The molecule has 3 aromatic rings. The van der Waals surface area contributed by atoms with Gasteiger partial charge in [-0.3, -0.25) is 4.79 Å². The molecule has 0 saturated heterocycles. The number of halogens is 2. The molecule has 22 heavy (non-hydrogen) atoms. The zero-order valence-electron chi connectivity index (χ0n) is 11.6. The number of aryl methyl sites for hydroxylation is 1. The Morgan fingerprint density at radius 2 is 1.77 bits per heavy atom. The molecule has 0 amide bonds. The van der Waals surface area contributed by atoms with Crippen LogP contribution in [0.5, 0.6) is 5.75 Å². The number of benzene rings is 2. The molecule has 3 nitrogen and oxygen atoms in total. The van der Waals surface area contributed by atoms with E-state index < -0.39 is 0 Å². The highest BCUT2D eigenvalue weighted by Gasteiger charge is 2.17.